The molecule has 0 aliphatic carbocycles. The molecule has 2 bridgehead atoms. The van der Waals surface area contributed by atoms with Crippen LogP contribution in [0, 0.1) is 11.8 Å². The molecule has 14 heteroatoms. The number of fused-ring (bicyclic) bond motifs is 4. The molecule has 3 saturated heterocycles. The fraction of sp³-hybridized carbons (Fsp3) is 0.393. The van der Waals surface area contributed by atoms with Crippen LogP contribution in [0.1, 0.15) is 35.6 Å². The van der Waals surface area contributed by atoms with Crippen LogP contribution in [0.3, 0.4) is 0 Å². The van der Waals surface area contributed by atoms with Gasteiger partial charge >= 0.3 is 12.4 Å². The Morgan fingerprint density at radius 3 is 2.33 bits per heavy atom. The highest BCUT2D eigenvalue weighted by atomic mass is 32.2. The van der Waals surface area contributed by atoms with E-state index in [1.807, 2.05) is 10.8 Å². The van der Waals surface area contributed by atoms with Gasteiger partial charge in [0, 0.05) is 24.2 Å². The first-order chi connectivity index (χ1) is 19.7. The molecule has 0 saturated carbocycles. The molecule has 0 spiro atoms. The molecule has 0 amide bonds. The average molecular weight is 615 g/mol. The second kappa shape index (κ2) is 11.0. The van der Waals surface area contributed by atoms with E-state index in [0.717, 1.165) is 6.42 Å². The predicted molar refractivity (Wildman–Crippen MR) is 145 cm³/mol. The summed E-state index contributed by atoms with van der Waals surface area (Å²) in [6.45, 7) is 5.25. The SMILES string of the molecule is C=C[C@H]1CN2CC[C@H]1C[C@H]2[C@@H](NS(=O)(=O)Nc1cc(C(F)(F)F)cc(C(F)(F)F)c1)c1ccnc2ccc(OC)cc12. The Morgan fingerprint density at radius 1 is 1.07 bits per heavy atom. The fourth-order valence-electron chi connectivity index (χ4n) is 5.98. The lowest BCUT2D eigenvalue weighted by Gasteiger charge is -2.51. The van der Waals surface area contributed by atoms with Crippen LogP contribution in [-0.4, -0.2) is 44.5 Å². The van der Waals surface area contributed by atoms with E-state index in [1.54, 1.807) is 24.3 Å². The molecular formula is C28H28F6N4O3S. The molecule has 2 aromatic carbocycles. The Morgan fingerprint density at radius 2 is 1.76 bits per heavy atom. The molecule has 1 aromatic heterocycles. The molecule has 226 valence electrons. The van der Waals surface area contributed by atoms with Crippen molar-refractivity contribution in [1.82, 2.24) is 14.6 Å². The smallest absolute Gasteiger partial charge is 0.416 e. The van der Waals surface area contributed by atoms with Gasteiger partial charge in [-0.15, -0.1) is 6.58 Å². The minimum absolute atomic E-state index is 0.0629. The third-order valence-electron chi connectivity index (χ3n) is 7.98. The maximum atomic E-state index is 13.5. The van der Waals surface area contributed by atoms with Gasteiger partial charge in [-0.2, -0.15) is 39.5 Å². The summed E-state index contributed by atoms with van der Waals surface area (Å²) >= 11 is 0. The largest absolute Gasteiger partial charge is 0.497 e. The Hall–Kier alpha value is -3.36. The van der Waals surface area contributed by atoms with Gasteiger partial charge in [0.15, 0.2) is 0 Å². The van der Waals surface area contributed by atoms with Crippen molar-refractivity contribution in [2.45, 2.75) is 37.3 Å². The summed E-state index contributed by atoms with van der Waals surface area (Å²) < 4.78 is 117. The quantitative estimate of drug-likeness (QED) is 0.235. The first kappa shape index (κ1) is 30.1. The average Bonchev–Trinajstić information content (AvgIpc) is 2.94. The number of alkyl halides is 6. The van der Waals surface area contributed by atoms with Crippen LogP contribution in [0.15, 0.2) is 61.3 Å². The minimum Gasteiger partial charge on any atom is -0.497 e. The van der Waals surface area contributed by atoms with Gasteiger partial charge < -0.3 is 4.74 Å². The number of ether oxygens (including phenoxy) is 1. The number of rotatable bonds is 8. The first-order valence-electron chi connectivity index (χ1n) is 13.1. The number of benzene rings is 2. The van der Waals surface area contributed by atoms with Crippen molar-refractivity contribution < 1.29 is 39.5 Å². The number of hydrogen-bond acceptors (Lipinski definition) is 5. The van der Waals surface area contributed by atoms with Gasteiger partial charge in [-0.1, -0.05) is 6.08 Å². The summed E-state index contributed by atoms with van der Waals surface area (Å²) in [6, 6.07) is 6.08. The summed E-state index contributed by atoms with van der Waals surface area (Å²) in [5, 5.41) is 0.589. The van der Waals surface area contributed by atoms with Crippen molar-refractivity contribution in [2.24, 2.45) is 11.8 Å². The molecule has 1 unspecified atom stereocenters. The molecule has 3 aromatic rings. The number of anilines is 1. The summed E-state index contributed by atoms with van der Waals surface area (Å²) in [6.07, 6.45) is -5.39. The number of aromatic nitrogens is 1. The van der Waals surface area contributed by atoms with Crippen LogP contribution in [-0.2, 0) is 22.6 Å². The number of nitrogens with one attached hydrogen (secondary N) is 2. The molecule has 5 atom stereocenters. The number of halogens is 6. The number of nitrogens with zero attached hydrogens (tertiary/aromatic N) is 2. The van der Waals surface area contributed by atoms with Crippen LogP contribution >= 0.6 is 0 Å². The Balaban J connectivity index is 1.56. The van der Waals surface area contributed by atoms with E-state index in [1.165, 1.54) is 13.3 Å². The highest BCUT2D eigenvalue weighted by molar-refractivity contribution is 7.90. The third-order valence-corrected chi connectivity index (χ3v) is 9.05. The van der Waals surface area contributed by atoms with Crippen molar-refractivity contribution in [3.63, 3.8) is 0 Å². The number of pyridine rings is 1. The molecule has 42 heavy (non-hydrogen) atoms. The number of methoxy groups -OCH3 is 1. The molecule has 2 N–H and O–H groups in total. The second-order valence-electron chi connectivity index (χ2n) is 10.5. The lowest BCUT2D eigenvalue weighted by Crippen LogP contribution is -2.57. The van der Waals surface area contributed by atoms with Crippen LogP contribution < -0.4 is 14.2 Å². The van der Waals surface area contributed by atoms with E-state index in [2.05, 4.69) is 21.2 Å². The van der Waals surface area contributed by atoms with Gasteiger partial charge in [0.25, 0.3) is 10.2 Å². The van der Waals surface area contributed by atoms with Gasteiger partial charge in [-0.25, -0.2) is 0 Å². The van der Waals surface area contributed by atoms with Crippen molar-refractivity contribution in [1.29, 1.82) is 0 Å². The van der Waals surface area contributed by atoms with E-state index in [-0.39, 0.29) is 23.9 Å². The Kier molecular flexibility index (Phi) is 7.92. The number of piperidine rings is 3. The van der Waals surface area contributed by atoms with Crippen molar-refractivity contribution >= 4 is 26.8 Å². The van der Waals surface area contributed by atoms with E-state index in [4.69, 9.17) is 4.74 Å². The molecular weight excluding hydrogens is 586 g/mol. The second-order valence-corrected chi connectivity index (χ2v) is 12.0. The molecule has 3 aliphatic rings. The van der Waals surface area contributed by atoms with Gasteiger partial charge in [0.2, 0.25) is 0 Å². The molecule has 0 radical (unpaired) electrons. The van der Waals surface area contributed by atoms with Crippen molar-refractivity contribution in [3.8, 4) is 5.75 Å². The summed E-state index contributed by atoms with van der Waals surface area (Å²) in [7, 11) is -3.23. The van der Waals surface area contributed by atoms with Gasteiger partial charge in [-0.3, -0.25) is 14.6 Å². The third kappa shape index (κ3) is 6.20. The van der Waals surface area contributed by atoms with E-state index in [0.29, 0.717) is 53.9 Å². The maximum Gasteiger partial charge on any atom is 0.416 e. The predicted octanol–water partition coefficient (Wildman–Crippen LogP) is 6.17. The van der Waals surface area contributed by atoms with E-state index >= 15 is 0 Å². The zero-order valence-corrected chi connectivity index (χ0v) is 23.2. The van der Waals surface area contributed by atoms with Crippen LogP contribution in [0.25, 0.3) is 10.9 Å². The topological polar surface area (TPSA) is 83.6 Å². The van der Waals surface area contributed by atoms with Gasteiger partial charge in [0.1, 0.15) is 5.75 Å². The van der Waals surface area contributed by atoms with Gasteiger partial charge in [-0.05, 0) is 79.3 Å². The summed E-state index contributed by atoms with van der Waals surface area (Å²) in [5.74, 6) is 0.945. The molecule has 3 fully saturated rings. The fourth-order valence-corrected chi connectivity index (χ4v) is 7.09. The maximum absolute atomic E-state index is 13.5. The van der Waals surface area contributed by atoms with E-state index in [9.17, 15) is 34.8 Å². The normalized spacial score (nSPS) is 23.5. The highest BCUT2D eigenvalue weighted by Gasteiger charge is 2.44. The lowest BCUT2D eigenvalue weighted by atomic mass is 9.73. The number of hydrogen-bond donors (Lipinski definition) is 2. The zero-order chi connectivity index (χ0) is 30.4. The van der Waals surface area contributed by atoms with Crippen LogP contribution in [0.5, 0.6) is 5.75 Å². The van der Waals surface area contributed by atoms with Crippen LogP contribution in [0.2, 0.25) is 0 Å². The van der Waals surface area contributed by atoms with Crippen molar-refractivity contribution in [2.75, 3.05) is 24.9 Å². The Labute approximate surface area is 238 Å². The molecule has 6 rings (SSSR count). The van der Waals surface area contributed by atoms with E-state index < -0.39 is 45.4 Å². The summed E-state index contributed by atoms with van der Waals surface area (Å²) in [4.78, 5) is 6.50. The lowest BCUT2D eigenvalue weighted by molar-refractivity contribution is -0.143. The van der Waals surface area contributed by atoms with Crippen molar-refractivity contribution in [3.05, 3.63) is 78.0 Å². The standard InChI is InChI=1S/C28H28F6N4O3S/c1-3-16-15-38-9-7-17(16)10-25(38)26(22-6-8-35-24-5-4-21(41-2)14-23(22)24)37-42(39,40)36-20-12-18(27(29,30)31)11-19(13-20)28(32,33)34/h3-6,8,11-14,16-17,25-26,36-37H,1,7,9-10,15H2,2H3/t16-,17-,25-,26-/m0/s1. The molecule has 4 heterocycles. The zero-order valence-electron chi connectivity index (χ0n) is 22.3. The monoisotopic (exact) mass is 614 g/mol. The highest BCUT2D eigenvalue weighted by Crippen LogP contribution is 2.43. The van der Waals surface area contributed by atoms with Crippen LogP contribution in [0.4, 0.5) is 32.0 Å². The molecule has 7 nitrogen and oxygen atoms in total. The molecule has 3 aliphatic heterocycles. The van der Waals surface area contributed by atoms with Gasteiger partial charge in [0.05, 0.1) is 35.5 Å². The summed E-state index contributed by atoms with van der Waals surface area (Å²) in [5.41, 5.74) is -3.05. The first-order valence-corrected chi connectivity index (χ1v) is 14.6. The minimum atomic E-state index is -5.14. The Bertz CT molecular complexity index is 1560.